The first-order valence-electron chi connectivity index (χ1n) is 11.3. The number of amides is 1. The van der Waals surface area contributed by atoms with Crippen molar-refractivity contribution in [2.45, 2.75) is 50.6 Å². The van der Waals surface area contributed by atoms with Gasteiger partial charge in [-0.25, -0.2) is 0 Å². The minimum absolute atomic E-state index is 0.0687. The summed E-state index contributed by atoms with van der Waals surface area (Å²) in [5.41, 5.74) is 9.93. The van der Waals surface area contributed by atoms with Crippen molar-refractivity contribution < 1.29 is 14.3 Å². The van der Waals surface area contributed by atoms with Crippen LogP contribution in [0.2, 0.25) is 0 Å². The molecule has 31 heavy (non-hydrogen) atoms. The number of ether oxygens (including phenoxy) is 1. The van der Waals surface area contributed by atoms with Gasteiger partial charge < -0.3 is 15.4 Å². The highest BCUT2D eigenvalue weighted by Gasteiger charge is 2.64. The molecule has 5 heteroatoms. The molecule has 4 saturated carbocycles. The summed E-state index contributed by atoms with van der Waals surface area (Å²) in [5.74, 6) is 1.08. The Kier molecular flexibility index (Phi) is 3.87. The van der Waals surface area contributed by atoms with E-state index in [9.17, 15) is 9.59 Å². The molecule has 2 N–H and O–H groups in total. The predicted molar refractivity (Wildman–Crippen MR) is 118 cm³/mol. The van der Waals surface area contributed by atoms with E-state index in [2.05, 4.69) is 17.0 Å². The second-order valence-corrected chi connectivity index (χ2v) is 10.3. The van der Waals surface area contributed by atoms with Crippen molar-refractivity contribution in [1.82, 2.24) is 4.90 Å². The van der Waals surface area contributed by atoms with Crippen molar-refractivity contribution in [3.8, 4) is 11.1 Å². The van der Waals surface area contributed by atoms with Gasteiger partial charge in [0.2, 0.25) is 0 Å². The van der Waals surface area contributed by atoms with E-state index in [1.165, 1.54) is 13.5 Å². The maximum absolute atomic E-state index is 13.7. The second-order valence-electron chi connectivity index (χ2n) is 10.3. The summed E-state index contributed by atoms with van der Waals surface area (Å²) in [6.45, 7) is 0.646. The molecule has 4 aliphatic carbocycles. The number of hydrogen-bond acceptors (Lipinski definition) is 4. The third-order valence-corrected chi connectivity index (χ3v) is 8.38. The molecule has 0 saturated heterocycles. The van der Waals surface area contributed by atoms with Gasteiger partial charge in [-0.2, -0.15) is 0 Å². The lowest BCUT2D eigenvalue weighted by atomic mass is 9.46. The third-order valence-electron chi connectivity index (χ3n) is 8.38. The van der Waals surface area contributed by atoms with Crippen LogP contribution in [-0.2, 0) is 16.1 Å². The van der Waals surface area contributed by atoms with Gasteiger partial charge in [-0.1, -0.05) is 24.3 Å². The first kappa shape index (κ1) is 18.9. The zero-order chi connectivity index (χ0) is 21.4. The maximum atomic E-state index is 13.7. The van der Waals surface area contributed by atoms with Crippen LogP contribution in [0.3, 0.4) is 0 Å². The topological polar surface area (TPSA) is 72.6 Å². The molecule has 2 atom stereocenters. The second kappa shape index (κ2) is 6.35. The average Bonchev–Trinajstić information content (AvgIpc) is 3.09. The SMILES string of the molecule is COC(=O)C12CC3CC(C1)CC(N1Cc4ccc(-c5ccc(N)cc5)cc4C1=O)(C3)C2. The van der Waals surface area contributed by atoms with E-state index in [0.29, 0.717) is 18.4 Å². The Hall–Kier alpha value is -2.82. The zero-order valence-corrected chi connectivity index (χ0v) is 17.9. The molecule has 1 amide bonds. The third kappa shape index (κ3) is 2.68. The molecule has 2 aromatic carbocycles. The van der Waals surface area contributed by atoms with Gasteiger partial charge in [0.15, 0.2) is 0 Å². The number of nitrogens with two attached hydrogens (primary N) is 1. The lowest BCUT2D eigenvalue weighted by Crippen LogP contribution is -2.64. The van der Waals surface area contributed by atoms with E-state index < -0.39 is 5.41 Å². The van der Waals surface area contributed by atoms with Crippen LogP contribution >= 0.6 is 0 Å². The molecular formula is C26H28N2O3. The van der Waals surface area contributed by atoms with E-state index in [4.69, 9.17) is 10.5 Å². The van der Waals surface area contributed by atoms with Crippen LogP contribution in [0.4, 0.5) is 5.69 Å². The molecule has 2 unspecified atom stereocenters. The van der Waals surface area contributed by atoms with E-state index in [1.807, 2.05) is 30.3 Å². The van der Waals surface area contributed by atoms with Gasteiger partial charge in [0, 0.05) is 23.3 Å². The van der Waals surface area contributed by atoms with Crippen LogP contribution in [0, 0.1) is 17.3 Å². The fraction of sp³-hybridized carbons (Fsp3) is 0.462. The van der Waals surface area contributed by atoms with E-state index in [-0.39, 0.29) is 17.4 Å². The van der Waals surface area contributed by atoms with Gasteiger partial charge in [0.05, 0.1) is 12.5 Å². The molecule has 5 aliphatic rings. The Morgan fingerprint density at radius 3 is 2.39 bits per heavy atom. The van der Waals surface area contributed by atoms with Gasteiger partial charge >= 0.3 is 5.97 Å². The molecule has 7 rings (SSSR count). The average molecular weight is 417 g/mol. The maximum Gasteiger partial charge on any atom is 0.311 e. The first-order chi connectivity index (χ1) is 14.9. The summed E-state index contributed by atoms with van der Waals surface area (Å²) in [4.78, 5) is 28.6. The summed E-state index contributed by atoms with van der Waals surface area (Å²) >= 11 is 0. The molecule has 4 bridgehead atoms. The van der Waals surface area contributed by atoms with Crippen LogP contribution < -0.4 is 5.73 Å². The predicted octanol–water partition coefficient (Wildman–Crippen LogP) is 4.40. The van der Waals surface area contributed by atoms with Gasteiger partial charge in [0.1, 0.15) is 0 Å². The number of nitrogens with zero attached hydrogens (tertiary/aromatic N) is 1. The number of anilines is 1. The lowest BCUT2D eigenvalue weighted by molar-refractivity contribution is -0.179. The molecular weight excluding hydrogens is 388 g/mol. The van der Waals surface area contributed by atoms with Gasteiger partial charge in [-0.3, -0.25) is 9.59 Å². The molecule has 1 heterocycles. The van der Waals surface area contributed by atoms with Crippen LogP contribution in [-0.4, -0.2) is 29.4 Å². The quantitative estimate of drug-likeness (QED) is 0.594. The number of rotatable bonds is 3. The fourth-order valence-corrected chi connectivity index (χ4v) is 7.52. The number of carbonyl (C=O) groups excluding carboxylic acids is 2. The van der Waals surface area contributed by atoms with Crippen molar-refractivity contribution in [1.29, 1.82) is 0 Å². The fourth-order valence-electron chi connectivity index (χ4n) is 7.52. The number of carbonyl (C=O) groups is 2. The number of hydrogen-bond donors (Lipinski definition) is 1. The van der Waals surface area contributed by atoms with Crippen molar-refractivity contribution >= 4 is 17.6 Å². The van der Waals surface area contributed by atoms with Crippen molar-refractivity contribution in [3.05, 3.63) is 53.6 Å². The number of benzene rings is 2. The van der Waals surface area contributed by atoms with Crippen molar-refractivity contribution in [3.63, 3.8) is 0 Å². The Labute approximate surface area is 182 Å². The molecule has 0 spiro atoms. The highest BCUT2D eigenvalue weighted by Crippen LogP contribution is 2.64. The Balaban J connectivity index is 1.35. The molecule has 5 nitrogen and oxygen atoms in total. The number of fused-ring (bicyclic) bond motifs is 1. The minimum Gasteiger partial charge on any atom is -0.469 e. The van der Waals surface area contributed by atoms with Crippen LogP contribution in [0.5, 0.6) is 0 Å². The summed E-state index contributed by atoms with van der Waals surface area (Å²) in [6.07, 6.45) is 5.84. The molecule has 0 aromatic heterocycles. The standard InChI is InChI=1S/C26H28N2O3/c1-31-24(30)25-10-16-8-17(11-25)13-26(12-16,15-25)28-14-20-3-2-19(9-22(20)23(28)29)18-4-6-21(27)7-5-18/h2-7,9,16-17H,8,10-15,27H2,1H3. The van der Waals surface area contributed by atoms with Gasteiger partial charge in [-0.05, 0) is 85.3 Å². The Bertz CT molecular complexity index is 1080. The lowest BCUT2D eigenvalue weighted by Gasteiger charge is -2.63. The normalized spacial score (nSPS) is 32.9. The summed E-state index contributed by atoms with van der Waals surface area (Å²) in [5, 5.41) is 0. The van der Waals surface area contributed by atoms with Crippen LogP contribution in [0.25, 0.3) is 11.1 Å². The van der Waals surface area contributed by atoms with Crippen LogP contribution in [0.1, 0.15) is 54.4 Å². The van der Waals surface area contributed by atoms with Crippen LogP contribution in [0.15, 0.2) is 42.5 Å². The molecule has 0 radical (unpaired) electrons. The minimum atomic E-state index is -0.400. The molecule has 1 aliphatic heterocycles. The molecule has 160 valence electrons. The Morgan fingerprint density at radius 2 is 1.71 bits per heavy atom. The monoisotopic (exact) mass is 416 g/mol. The summed E-state index contributed by atoms with van der Waals surface area (Å²) in [6, 6.07) is 14.0. The van der Waals surface area contributed by atoms with Gasteiger partial charge in [0.25, 0.3) is 5.91 Å². The van der Waals surface area contributed by atoms with Crippen molar-refractivity contribution in [2.75, 3.05) is 12.8 Å². The zero-order valence-electron chi connectivity index (χ0n) is 17.9. The summed E-state index contributed by atoms with van der Waals surface area (Å²) < 4.78 is 5.25. The number of methoxy groups -OCH3 is 1. The van der Waals surface area contributed by atoms with E-state index >= 15 is 0 Å². The largest absolute Gasteiger partial charge is 0.469 e. The van der Waals surface area contributed by atoms with Crippen molar-refractivity contribution in [2.24, 2.45) is 17.3 Å². The highest BCUT2D eigenvalue weighted by atomic mass is 16.5. The Morgan fingerprint density at radius 1 is 1.03 bits per heavy atom. The molecule has 4 fully saturated rings. The summed E-state index contributed by atoms with van der Waals surface area (Å²) in [7, 11) is 1.50. The van der Waals surface area contributed by atoms with E-state index in [1.54, 1.807) is 0 Å². The number of nitrogen functional groups attached to an aromatic ring is 1. The first-order valence-corrected chi connectivity index (χ1v) is 11.3. The molecule has 2 aromatic rings. The van der Waals surface area contributed by atoms with Gasteiger partial charge in [-0.15, -0.1) is 0 Å². The highest BCUT2D eigenvalue weighted by molar-refractivity contribution is 6.00. The van der Waals surface area contributed by atoms with E-state index in [0.717, 1.165) is 60.0 Å². The number of esters is 1. The smallest absolute Gasteiger partial charge is 0.311 e.